The maximum atomic E-state index is 12.8. The molecule has 0 unspecified atom stereocenters. The van der Waals surface area contributed by atoms with Gasteiger partial charge in [0.1, 0.15) is 11.1 Å². The SMILES string of the molecule is Cc1c(C(=O)/C(=C/O)N=Nc2ccccc2)sc2nc(-c3ccccc3)cn12. The van der Waals surface area contributed by atoms with Crippen LogP contribution in [0.3, 0.4) is 0 Å². The zero-order valence-corrected chi connectivity index (χ0v) is 15.8. The first kappa shape index (κ1) is 17.8. The van der Waals surface area contributed by atoms with Gasteiger partial charge in [-0.05, 0) is 19.1 Å². The number of thiazole rings is 1. The van der Waals surface area contributed by atoms with Crippen molar-refractivity contribution in [2.45, 2.75) is 6.92 Å². The van der Waals surface area contributed by atoms with Crippen molar-refractivity contribution in [1.82, 2.24) is 9.38 Å². The summed E-state index contributed by atoms with van der Waals surface area (Å²) in [7, 11) is 0. The zero-order chi connectivity index (χ0) is 19.5. The van der Waals surface area contributed by atoms with Crippen LogP contribution in [0.1, 0.15) is 15.4 Å². The van der Waals surface area contributed by atoms with Gasteiger partial charge in [0.15, 0.2) is 10.7 Å². The summed E-state index contributed by atoms with van der Waals surface area (Å²) in [6.07, 6.45) is 2.59. The lowest BCUT2D eigenvalue weighted by molar-refractivity contribution is 0.103. The Bertz CT molecular complexity index is 1190. The second kappa shape index (κ2) is 7.58. The Morgan fingerprint density at radius 3 is 2.43 bits per heavy atom. The standard InChI is InChI=1S/C21H16N4O2S/c1-14-20(19(27)18(13-26)24-23-16-10-6-3-7-11-16)28-21-22-17(12-25(14)21)15-8-4-2-5-9-15/h2-13,26H,1H3/b18-13-,24-23?. The van der Waals surface area contributed by atoms with Crippen molar-refractivity contribution in [3.63, 3.8) is 0 Å². The number of nitrogens with zero attached hydrogens (tertiary/aromatic N) is 4. The fourth-order valence-corrected chi connectivity index (χ4v) is 3.82. The van der Waals surface area contributed by atoms with Gasteiger partial charge in [0, 0.05) is 17.5 Å². The molecule has 0 spiro atoms. The summed E-state index contributed by atoms with van der Waals surface area (Å²) in [5, 5.41) is 17.4. The van der Waals surface area contributed by atoms with Gasteiger partial charge in [-0.1, -0.05) is 59.9 Å². The molecule has 6 nitrogen and oxygen atoms in total. The molecule has 7 heteroatoms. The quantitative estimate of drug-likeness (QED) is 0.205. The largest absolute Gasteiger partial charge is 0.513 e. The van der Waals surface area contributed by atoms with Crippen molar-refractivity contribution in [2.75, 3.05) is 0 Å². The molecule has 0 amide bonds. The topological polar surface area (TPSA) is 79.3 Å². The molecule has 0 fully saturated rings. The number of aromatic nitrogens is 2. The van der Waals surface area contributed by atoms with Crippen LogP contribution >= 0.6 is 11.3 Å². The summed E-state index contributed by atoms with van der Waals surface area (Å²) in [6.45, 7) is 1.84. The zero-order valence-electron chi connectivity index (χ0n) is 15.0. The molecule has 0 saturated carbocycles. The van der Waals surface area contributed by atoms with Gasteiger partial charge in [-0.2, -0.15) is 5.11 Å². The number of carbonyl (C=O) groups is 1. The molecule has 0 saturated heterocycles. The van der Waals surface area contributed by atoms with Gasteiger partial charge in [0.2, 0.25) is 5.78 Å². The predicted octanol–water partition coefficient (Wildman–Crippen LogP) is 5.74. The lowest BCUT2D eigenvalue weighted by Crippen LogP contribution is -2.02. The van der Waals surface area contributed by atoms with Gasteiger partial charge in [0.05, 0.1) is 11.4 Å². The fourth-order valence-electron chi connectivity index (χ4n) is 2.76. The van der Waals surface area contributed by atoms with Gasteiger partial charge in [-0.15, -0.1) is 5.11 Å². The summed E-state index contributed by atoms with van der Waals surface area (Å²) in [5.74, 6) is -0.392. The molecule has 4 aromatic rings. The Morgan fingerprint density at radius 1 is 1.11 bits per heavy atom. The first-order chi connectivity index (χ1) is 13.7. The molecule has 0 atom stereocenters. The van der Waals surface area contributed by atoms with E-state index in [-0.39, 0.29) is 5.70 Å². The fraction of sp³-hybridized carbons (Fsp3) is 0.0476. The van der Waals surface area contributed by atoms with E-state index in [4.69, 9.17) is 0 Å². The molecule has 0 radical (unpaired) electrons. The summed E-state index contributed by atoms with van der Waals surface area (Å²) >= 11 is 1.26. The molecule has 0 aliphatic rings. The van der Waals surface area contributed by atoms with Crippen LogP contribution in [0.15, 0.2) is 89.0 Å². The van der Waals surface area contributed by atoms with Crippen molar-refractivity contribution in [1.29, 1.82) is 0 Å². The number of azo groups is 1. The van der Waals surface area contributed by atoms with Crippen LogP contribution in [-0.2, 0) is 0 Å². The smallest absolute Gasteiger partial charge is 0.228 e. The van der Waals surface area contributed by atoms with Gasteiger partial charge in [-0.3, -0.25) is 9.20 Å². The van der Waals surface area contributed by atoms with Crippen molar-refractivity contribution in [3.8, 4) is 11.3 Å². The van der Waals surface area contributed by atoms with E-state index in [1.807, 2.05) is 66.1 Å². The maximum Gasteiger partial charge on any atom is 0.228 e. The number of aliphatic hydroxyl groups is 1. The highest BCUT2D eigenvalue weighted by molar-refractivity contribution is 7.19. The van der Waals surface area contributed by atoms with Gasteiger partial charge in [0.25, 0.3) is 0 Å². The number of Topliss-reactive ketones (excluding diaryl/α,β-unsaturated/α-hetero) is 1. The maximum absolute atomic E-state index is 12.8. The second-order valence-corrected chi connectivity index (χ2v) is 7.02. The third kappa shape index (κ3) is 3.35. The number of rotatable bonds is 5. The van der Waals surface area contributed by atoms with Crippen LogP contribution in [0.5, 0.6) is 0 Å². The van der Waals surface area contributed by atoms with E-state index in [0.717, 1.165) is 17.0 Å². The van der Waals surface area contributed by atoms with Crippen molar-refractivity contribution in [3.05, 3.63) is 89.4 Å². The molecule has 4 rings (SSSR count). The Morgan fingerprint density at radius 2 is 1.79 bits per heavy atom. The van der Waals surface area contributed by atoms with Crippen LogP contribution in [-0.4, -0.2) is 20.3 Å². The van der Waals surface area contributed by atoms with Gasteiger partial charge in [-0.25, -0.2) is 4.98 Å². The number of aryl methyl sites for hydroxylation is 1. The molecule has 0 aliphatic carbocycles. The molecule has 2 aromatic carbocycles. The number of fused-ring (bicyclic) bond motifs is 1. The molecule has 2 aromatic heterocycles. The average molecular weight is 388 g/mol. The normalized spacial score (nSPS) is 12.1. The second-order valence-electron chi connectivity index (χ2n) is 6.04. The molecular formula is C21H16N4O2S. The highest BCUT2D eigenvalue weighted by atomic mass is 32.1. The van der Waals surface area contributed by atoms with Gasteiger partial charge < -0.3 is 5.11 Å². The minimum atomic E-state index is -0.392. The summed E-state index contributed by atoms with van der Waals surface area (Å²) in [6, 6.07) is 18.9. The van der Waals surface area contributed by atoms with Crippen LogP contribution in [0.4, 0.5) is 5.69 Å². The van der Waals surface area contributed by atoms with Crippen molar-refractivity contribution < 1.29 is 9.90 Å². The highest BCUT2D eigenvalue weighted by Gasteiger charge is 2.21. The first-order valence-corrected chi connectivity index (χ1v) is 9.39. The van der Waals surface area contributed by atoms with Crippen molar-refractivity contribution in [2.24, 2.45) is 10.2 Å². The number of ketones is 1. The van der Waals surface area contributed by atoms with E-state index >= 15 is 0 Å². The molecular weight excluding hydrogens is 372 g/mol. The van der Waals surface area contributed by atoms with E-state index in [2.05, 4.69) is 15.2 Å². The average Bonchev–Trinajstić information content (AvgIpc) is 3.29. The van der Waals surface area contributed by atoms with Crippen LogP contribution in [0, 0.1) is 6.92 Å². The minimum Gasteiger partial charge on any atom is -0.513 e. The predicted molar refractivity (Wildman–Crippen MR) is 109 cm³/mol. The van der Waals surface area contributed by atoms with E-state index in [9.17, 15) is 9.90 Å². The lowest BCUT2D eigenvalue weighted by Gasteiger charge is -1.99. The number of allylic oxidation sites excluding steroid dienone is 1. The Hall–Kier alpha value is -3.58. The van der Waals surface area contributed by atoms with E-state index in [1.54, 1.807) is 12.1 Å². The Balaban J connectivity index is 1.64. The Labute approximate surface area is 165 Å². The highest BCUT2D eigenvalue weighted by Crippen LogP contribution is 2.29. The molecule has 2 heterocycles. The monoisotopic (exact) mass is 388 g/mol. The van der Waals surface area contributed by atoms with Gasteiger partial charge >= 0.3 is 0 Å². The van der Waals surface area contributed by atoms with Crippen LogP contribution in [0.25, 0.3) is 16.2 Å². The molecule has 0 bridgehead atoms. The number of hydrogen-bond donors (Lipinski definition) is 1. The summed E-state index contributed by atoms with van der Waals surface area (Å²) in [4.78, 5) is 18.6. The molecule has 1 N–H and O–H groups in total. The van der Waals surface area contributed by atoms with Crippen molar-refractivity contribution >= 4 is 27.8 Å². The summed E-state index contributed by atoms with van der Waals surface area (Å²) < 4.78 is 1.88. The van der Waals surface area contributed by atoms with Crippen LogP contribution < -0.4 is 0 Å². The Kier molecular flexibility index (Phi) is 4.82. The van der Waals surface area contributed by atoms with E-state index in [1.165, 1.54) is 11.3 Å². The molecule has 28 heavy (non-hydrogen) atoms. The van der Waals surface area contributed by atoms with E-state index < -0.39 is 5.78 Å². The first-order valence-electron chi connectivity index (χ1n) is 8.57. The molecule has 138 valence electrons. The number of aliphatic hydroxyl groups excluding tert-OH is 1. The van der Waals surface area contributed by atoms with E-state index in [0.29, 0.717) is 21.8 Å². The summed E-state index contributed by atoms with van der Waals surface area (Å²) in [5.41, 5.74) is 3.07. The number of imidazole rings is 1. The number of benzene rings is 2. The number of carbonyl (C=O) groups excluding carboxylic acids is 1. The number of hydrogen-bond acceptors (Lipinski definition) is 6. The minimum absolute atomic E-state index is 0.125. The molecule has 0 aliphatic heterocycles. The third-order valence-corrected chi connectivity index (χ3v) is 5.37. The lowest BCUT2D eigenvalue weighted by atomic mass is 10.2. The third-order valence-electron chi connectivity index (χ3n) is 4.22. The van der Waals surface area contributed by atoms with Crippen LogP contribution in [0.2, 0.25) is 0 Å².